The first-order chi connectivity index (χ1) is 8.47. The molecule has 3 N–H and O–H groups in total. The maximum atomic E-state index is 6.03. The molecule has 0 saturated heterocycles. The van der Waals surface area contributed by atoms with Crippen LogP contribution in [0, 0.1) is 17.4 Å². The van der Waals surface area contributed by atoms with Gasteiger partial charge in [-0.2, -0.15) is 0 Å². The monoisotopic (exact) mass is 416 g/mol. The Labute approximate surface area is 129 Å². The second-order valence-electron chi connectivity index (χ2n) is 4.28. The molecule has 18 heavy (non-hydrogen) atoms. The summed E-state index contributed by atoms with van der Waals surface area (Å²) in [4.78, 5) is 0. The third-order valence-electron chi connectivity index (χ3n) is 2.86. The summed E-state index contributed by atoms with van der Waals surface area (Å²) in [5, 5.41) is 3.36. The first-order valence-corrected chi connectivity index (χ1v) is 7.43. The van der Waals surface area contributed by atoms with Crippen molar-refractivity contribution >= 4 is 55.6 Å². The Balaban J connectivity index is 2.34. The Bertz CT molecular complexity index is 597. The van der Waals surface area contributed by atoms with E-state index in [1.807, 2.05) is 18.2 Å². The maximum Gasteiger partial charge on any atom is 0.0620 e. The van der Waals surface area contributed by atoms with Gasteiger partial charge in [-0.1, -0.05) is 0 Å². The van der Waals surface area contributed by atoms with Crippen molar-refractivity contribution in [3.05, 3.63) is 49.5 Å². The lowest BCUT2D eigenvalue weighted by Gasteiger charge is -2.12. The lowest BCUT2D eigenvalue weighted by atomic mass is 10.1. The molecule has 0 spiro atoms. The normalized spacial score (nSPS) is 10.4. The van der Waals surface area contributed by atoms with Crippen LogP contribution in [0.15, 0.2) is 34.8 Å². The molecule has 0 aliphatic carbocycles. The van der Waals surface area contributed by atoms with Crippen LogP contribution in [0.3, 0.4) is 0 Å². The second-order valence-corrected chi connectivity index (χ2v) is 6.29. The molecule has 4 heteroatoms. The van der Waals surface area contributed by atoms with Crippen molar-refractivity contribution in [2.24, 2.45) is 0 Å². The average molecular weight is 417 g/mol. The van der Waals surface area contributed by atoms with Crippen LogP contribution in [0.4, 0.5) is 17.1 Å². The van der Waals surface area contributed by atoms with E-state index in [4.69, 9.17) is 5.73 Å². The fourth-order valence-corrected chi connectivity index (χ4v) is 2.44. The fourth-order valence-electron chi connectivity index (χ4n) is 1.68. The van der Waals surface area contributed by atoms with Crippen molar-refractivity contribution in [1.29, 1.82) is 0 Å². The summed E-state index contributed by atoms with van der Waals surface area (Å²) in [6.07, 6.45) is 0. The van der Waals surface area contributed by atoms with Crippen LogP contribution in [0.1, 0.15) is 11.1 Å². The van der Waals surface area contributed by atoms with E-state index < -0.39 is 0 Å². The highest BCUT2D eigenvalue weighted by atomic mass is 127. The van der Waals surface area contributed by atoms with Crippen molar-refractivity contribution in [2.45, 2.75) is 13.8 Å². The SMILES string of the molecule is Cc1cc(N)c(Nc2ccc(Br)c(I)c2)cc1C. The number of nitrogens with two attached hydrogens (primary N) is 1. The van der Waals surface area contributed by atoms with Crippen LogP contribution in [0.5, 0.6) is 0 Å². The lowest BCUT2D eigenvalue weighted by molar-refractivity contribution is 1.34. The maximum absolute atomic E-state index is 6.03. The highest BCUT2D eigenvalue weighted by Gasteiger charge is 2.04. The van der Waals surface area contributed by atoms with Gasteiger partial charge in [-0.25, -0.2) is 0 Å². The molecule has 94 valence electrons. The molecular weight excluding hydrogens is 403 g/mol. The molecule has 0 atom stereocenters. The topological polar surface area (TPSA) is 38.0 Å². The van der Waals surface area contributed by atoms with Crippen LogP contribution < -0.4 is 11.1 Å². The Morgan fingerprint density at radius 2 is 1.78 bits per heavy atom. The number of hydrogen-bond donors (Lipinski definition) is 2. The van der Waals surface area contributed by atoms with Crippen LogP contribution in [0.2, 0.25) is 0 Å². The summed E-state index contributed by atoms with van der Waals surface area (Å²) in [5.74, 6) is 0. The molecule has 2 nitrogen and oxygen atoms in total. The average Bonchev–Trinajstić information content (AvgIpc) is 2.31. The predicted octanol–water partition coefficient (Wildman–Crippen LogP) is 5.00. The number of benzene rings is 2. The largest absolute Gasteiger partial charge is 0.397 e. The Kier molecular flexibility index (Phi) is 4.17. The highest BCUT2D eigenvalue weighted by Crippen LogP contribution is 2.29. The van der Waals surface area contributed by atoms with E-state index in [9.17, 15) is 0 Å². The van der Waals surface area contributed by atoms with Crippen molar-refractivity contribution < 1.29 is 0 Å². The van der Waals surface area contributed by atoms with Gasteiger partial charge in [-0.05, 0) is 93.8 Å². The summed E-state index contributed by atoms with van der Waals surface area (Å²) in [6, 6.07) is 10.2. The molecule has 0 fully saturated rings. The number of rotatable bonds is 2. The number of nitrogens with one attached hydrogen (secondary N) is 1. The fraction of sp³-hybridized carbons (Fsp3) is 0.143. The van der Waals surface area contributed by atoms with E-state index in [1.54, 1.807) is 0 Å². The van der Waals surface area contributed by atoms with E-state index in [-0.39, 0.29) is 0 Å². The minimum Gasteiger partial charge on any atom is -0.397 e. The highest BCUT2D eigenvalue weighted by molar-refractivity contribution is 14.1. The van der Waals surface area contributed by atoms with Gasteiger partial charge in [0.2, 0.25) is 0 Å². The van der Waals surface area contributed by atoms with E-state index in [0.29, 0.717) is 0 Å². The lowest BCUT2D eigenvalue weighted by Crippen LogP contribution is -1.98. The third-order valence-corrected chi connectivity index (χ3v) is 5.19. The van der Waals surface area contributed by atoms with Gasteiger partial charge in [0, 0.05) is 13.7 Å². The van der Waals surface area contributed by atoms with Crippen LogP contribution in [0.25, 0.3) is 0 Å². The quantitative estimate of drug-likeness (QED) is 0.534. The van der Waals surface area contributed by atoms with Crippen LogP contribution in [-0.4, -0.2) is 0 Å². The van der Waals surface area contributed by atoms with Crippen molar-refractivity contribution in [3.63, 3.8) is 0 Å². The summed E-state index contributed by atoms with van der Waals surface area (Å²) >= 11 is 5.79. The molecule has 2 aromatic carbocycles. The molecule has 0 saturated carbocycles. The summed E-state index contributed by atoms with van der Waals surface area (Å²) < 4.78 is 2.27. The number of aryl methyl sites for hydroxylation is 2. The van der Waals surface area contributed by atoms with E-state index in [1.165, 1.54) is 14.7 Å². The van der Waals surface area contributed by atoms with Crippen LogP contribution in [-0.2, 0) is 0 Å². The molecule has 0 aliphatic rings. The predicted molar refractivity (Wildman–Crippen MR) is 90.5 cm³/mol. The Morgan fingerprint density at radius 3 is 2.44 bits per heavy atom. The zero-order valence-electron chi connectivity index (χ0n) is 10.2. The van der Waals surface area contributed by atoms with E-state index in [2.05, 4.69) is 69.8 Å². The first kappa shape index (κ1) is 13.7. The molecular formula is C14H14BrIN2. The van der Waals surface area contributed by atoms with Crippen LogP contribution >= 0.6 is 38.5 Å². The second kappa shape index (κ2) is 5.48. The smallest absolute Gasteiger partial charge is 0.0620 e. The number of anilines is 3. The molecule has 0 aliphatic heterocycles. The molecule has 0 radical (unpaired) electrons. The van der Waals surface area contributed by atoms with Gasteiger partial charge >= 0.3 is 0 Å². The Morgan fingerprint density at radius 1 is 1.11 bits per heavy atom. The third kappa shape index (κ3) is 2.98. The van der Waals surface area contributed by atoms with Gasteiger partial charge in [-0.15, -0.1) is 0 Å². The molecule has 0 bridgehead atoms. The zero-order valence-corrected chi connectivity index (χ0v) is 14.0. The van der Waals surface area contributed by atoms with Crippen molar-refractivity contribution in [3.8, 4) is 0 Å². The standard InChI is InChI=1S/C14H14BrIN2/c1-8-5-13(17)14(6-9(8)2)18-10-3-4-11(15)12(16)7-10/h3-7,18H,17H2,1-2H3. The number of halogens is 2. The first-order valence-electron chi connectivity index (χ1n) is 5.56. The number of hydrogen-bond acceptors (Lipinski definition) is 2. The molecule has 0 aromatic heterocycles. The van der Waals surface area contributed by atoms with Gasteiger partial charge in [0.25, 0.3) is 0 Å². The molecule has 0 amide bonds. The minimum absolute atomic E-state index is 0.774. The molecule has 2 rings (SSSR count). The van der Waals surface area contributed by atoms with Gasteiger partial charge in [-0.3, -0.25) is 0 Å². The van der Waals surface area contributed by atoms with E-state index >= 15 is 0 Å². The van der Waals surface area contributed by atoms with Gasteiger partial charge in [0.15, 0.2) is 0 Å². The summed E-state index contributed by atoms with van der Waals surface area (Å²) in [7, 11) is 0. The number of nitrogen functional groups attached to an aromatic ring is 1. The Hall–Kier alpha value is -0.750. The van der Waals surface area contributed by atoms with Gasteiger partial charge in [0.1, 0.15) is 0 Å². The summed E-state index contributed by atoms with van der Waals surface area (Å²) in [6.45, 7) is 4.16. The molecule has 2 aromatic rings. The van der Waals surface area contributed by atoms with Gasteiger partial charge in [0.05, 0.1) is 11.4 Å². The van der Waals surface area contributed by atoms with Crippen molar-refractivity contribution in [1.82, 2.24) is 0 Å². The van der Waals surface area contributed by atoms with Gasteiger partial charge < -0.3 is 11.1 Å². The minimum atomic E-state index is 0.774. The summed E-state index contributed by atoms with van der Waals surface area (Å²) in [5.41, 5.74) is 11.2. The molecule has 0 unspecified atom stereocenters. The van der Waals surface area contributed by atoms with E-state index in [0.717, 1.165) is 21.5 Å². The zero-order chi connectivity index (χ0) is 13.3. The van der Waals surface area contributed by atoms with Crippen molar-refractivity contribution in [2.75, 3.05) is 11.1 Å². The molecule has 0 heterocycles.